The minimum absolute atomic E-state index is 0.103. The molecular weight excluding hydrogens is 478 g/mol. The van der Waals surface area contributed by atoms with Crippen molar-refractivity contribution in [1.29, 1.82) is 0 Å². The summed E-state index contributed by atoms with van der Waals surface area (Å²) in [6, 6.07) is 8.21. The van der Waals surface area contributed by atoms with Gasteiger partial charge in [-0.2, -0.15) is 0 Å². The number of methoxy groups -OCH3 is 2. The number of fused-ring (bicyclic) bond motifs is 2. The number of amides is 1. The molecule has 0 fully saturated rings. The fourth-order valence-electron chi connectivity index (χ4n) is 4.48. The number of nitro benzene ring substituents is 1. The lowest BCUT2D eigenvalue weighted by Crippen LogP contribution is -2.29. The molecule has 3 aromatic rings. The van der Waals surface area contributed by atoms with Crippen LogP contribution in [0, 0.1) is 16.0 Å². The first kappa shape index (κ1) is 24.0. The molecule has 0 saturated heterocycles. The number of carbonyl (C=O) groups excluding carboxylic acids is 1. The average molecular weight is 504 g/mol. The van der Waals surface area contributed by atoms with Crippen LogP contribution >= 0.6 is 0 Å². The van der Waals surface area contributed by atoms with E-state index in [4.69, 9.17) is 19.2 Å². The van der Waals surface area contributed by atoms with Crippen LogP contribution in [0.1, 0.15) is 24.1 Å². The summed E-state index contributed by atoms with van der Waals surface area (Å²) < 4.78 is 18.6. The Kier molecular flexibility index (Phi) is 6.34. The van der Waals surface area contributed by atoms with Crippen molar-refractivity contribution in [3.63, 3.8) is 0 Å². The van der Waals surface area contributed by atoms with E-state index in [0.717, 1.165) is 16.8 Å². The second-order valence-electron chi connectivity index (χ2n) is 8.74. The van der Waals surface area contributed by atoms with Gasteiger partial charge in [0.15, 0.2) is 17.2 Å². The highest BCUT2D eigenvalue weighted by atomic mass is 16.6. The zero-order valence-corrected chi connectivity index (χ0v) is 20.6. The molecule has 1 unspecified atom stereocenters. The van der Waals surface area contributed by atoms with Crippen LogP contribution in [-0.2, 0) is 18.4 Å². The van der Waals surface area contributed by atoms with Gasteiger partial charge in [0, 0.05) is 25.2 Å². The van der Waals surface area contributed by atoms with Gasteiger partial charge < -0.3 is 24.1 Å². The monoisotopic (exact) mass is 503 g/mol. The molecule has 1 amide bonds. The molecule has 2 aromatic carbocycles. The number of rotatable bonds is 7. The average Bonchev–Trinajstić information content (AvgIpc) is 3.26. The molecular formula is C26H25N5O6. The number of allylic oxidation sites excluding steroid dienone is 2. The number of hydrogen-bond donors (Lipinski definition) is 1. The third-order valence-corrected chi connectivity index (χ3v) is 6.53. The van der Waals surface area contributed by atoms with Crippen LogP contribution in [0.25, 0.3) is 5.57 Å². The molecule has 0 spiro atoms. The van der Waals surface area contributed by atoms with Gasteiger partial charge in [-0.1, -0.05) is 0 Å². The Hall–Kier alpha value is -4.67. The summed E-state index contributed by atoms with van der Waals surface area (Å²) in [6.07, 6.45) is 6.45. The Morgan fingerprint density at radius 2 is 1.97 bits per heavy atom. The fourth-order valence-corrected chi connectivity index (χ4v) is 4.48. The highest BCUT2D eigenvalue weighted by molar-refractivity contribution is 6.19. The van der Waals surface area contributed by atoms with Crippen molar-refractivity contribution in [3.05, 3.63) is 70.3 Å². The zero-order chi connectivity index (χ0) is 26.1. The number of anilines is 1. The highest BCUT2D eigenvalue weighted by Gasteiger charge is 2.31. The van der Waals surface area contributed by atoms with Crippen LogP contribution in [0.3, 0.4) is 0 Å². The molecule has 1 aliphatic heterocycles. The summed E-state index contributed by atoms with van der Waals surface area (Å²) in [6.45, 7) is 0.281. The smallest absolute Gasteiger partial charge is 0.310 e. The Balaban J connectivity index is 1.52. The summed E-state index contributed by atoms with van der Waals surface area (Å²) >= 11 is 0. The van der Waals surface area contributed by atoms with E-state index in [1.54, 1.807) is 36.8 Å². The van der Waals surface area contributed by atoms with Crippen molar-refractivity contribution < 1.29 is 23.9 Å². The number of aromatic nitrogens is 2. The number of nitro groups is 1. The van der Waals surface area contributed by atoms with Crippen molar-refractivity contribution in [2.24, 2.45) is 18.0 Å². The van der Waals surface area contributed by atoms with E-state index >= 15 is 0 Å². The van der Waals surface area contributed by atoms with Crippen molar-refractivity contribution in [2.75, 3.05) is 19.5 Å². The Labute approximate surface area is 212 Å². The first-order chi connectivity index (χ1) is 17.9. The summed E-state index contributed by atoms with van der Waals surface area (Å²) in [5.41, 5.74) is 4.17. The number of aliphatic imine (C=N–C) groups is 1. The molecule has 2 aliphatic rings. The molecule has 0 saturated carbocycles. The standard InChI is InChI=1S/C26H25N5O6/c1-30-14-27-12-17(30)13-37-25-11-20-21(10-24(25)36-3)29-26(32)18-6-4-15(8-19(18)28-20)16-5-7-22(31(33)34)23(9-16)35-2/h5,7-12,14,18H,4,6,13H2,1-3H3,(H,29,32). The SMILES string of the molecule is COc1cc2c(cc1OCc1cncn1C)N=C1C=C(c3ccc([N+](=O)[O-])c(OC)c3)CCC1C(=O)N2. The predicted molar refractivity (Wildman–Crippen MR) is 137 cm³/mol. The Bertz CT molecular complexity index is 1460. The van der Waals surface area contributed by atoms with Crippen molar-refractivity contribution in [3.8, 4) is 17.2 Å². The molecule has 5 rings (SSSR count). The molecule has 2 heterocycles. The fraction of sp³-hybridized carbons (Fsp3) is 0.269. The van der Waals surface area contributed by atoms with E-state index in [1.165, 1.54) is 20.3 Å². The molecule has 1 N–H and O–H groups in total. The Morgan fingerprint density at radius 1 is 1.16 bits per heavy atom. The molecule has 11 nitrogen and oxygen atoms in total. The maximum Gasteiger partial charge on any atom is 0.310 e. The zero-order valence-electron chi connectivity index (χ0n) is 20.6. The number of aryl methyl sites for hydroxylation is 1. The van der Waals surface area contributed by atoms with Gasteiger partial charge in [0.25, 0.3) is 0 Å². The van der Waals surface area contributed by atoms with E-state index < -0.39 is 10.8 Å². The van der Waals surface area contributed by atoms with E-state index in [9.17, 15) is 14.9 Å². The summed E-state index contributed by atoms with van der Waals surface area (Å²) in [4.78, 5) is 32.8. The largest absolute Gasteiger partial charge is 0.493 e. The topological polar surface area (TPSA) is 130 Å². The number of benzene rings is 2. The van der Waals surface area contributed by atoms with E-state index in [-0.39, 0.29) is 24.0 Å². The molecule has 0 radical (unpaired) electrons. The van der Waals surface area contributed by atoms with Gasteiger partial charge in [-0.15, -0.1) is 0 Å². The van der Waals surface area contributed by atoms with Crippen molar-refractivity contribution in [2.45, 2.75) is 19.4 Å². The van der Waals surface area contributed by atoms with Crippen molar-refractivity contribution in [1.82, 2.24) is 9.55 Å². The van der Waals surface area contributed by atoms with Gasteiger partial charge >= 0.3 is 5.69 Å². The van der Waals surface area contributed by atoms with Crippen LogP contribution in [0.15, 0.2) is 53.9 Å². The third-order valence-electron chi connectivity index (χ3n) is 6.53. The lowest BCUT2D eigenvalue weighted by Gasteiger charge is -2.22. The molecule has 0 bridgehead atoms. The second kappa shape index (κ2) is 9.76. The summed E-state index contributed by atoms with van der Waals surface area (Å²) in [5, 5.41) is 14.2. The number of ether oxygens (including phenoxy) is 3. The second-order valence-corrected chi connectivity index (χ2v) is 8.74. The van der Waals surface area contributed by atoms with Crippen LogP contribution in [-0.4, -0.2) is 40.3 Å². The molecule has 1 aromatic heterocycles. The van der Waals surface area contributed by atoms with Crippen molar-refractivity contribution >= 4 is 34.3 Å². The first-order valence-electron chi connectivity index (χ1n) is 11.6. The molecule has 37 heavy (non-hydrogen) atoms. The first-order valence-corrected chi connectivity index (χ1v) is 11.6. The number of hydrogen-bond acceptors (Lipinski definition) is 8. The maximum atomic E-state index is 13.1. The predicted octanol–water partition coefficient (Wildman–Crippen LogP) is 4.44. The van der Waals surface area contributed by atoms with E-state index in [2.05, 4.69) is 10.3 Å². The normalized spacial score (nSPS) is 16.4. The number of carbonyl (C=O) groups is 1. The van der Waals surface area contributed by atoms with Gasteiger partial charge in [0.05, 0.1) is 60.4 Å². The van der Waals surface area contributed by atoms with Crippen LogP contribution in [0.4, 0.5) is 17.1 Å². The third kappa shape index (κ3) is 4.63. The molecule has 1 atom stereocenters. The molecule has 190 valence electrons. The molecule has 11 heteroatoms. The maximum absolute atomic E-state index is 13.1. The van der Waals surface area contributed by atoms with Gasteiger partial charge in [0.2, 0.25) is 5.91 Å². The van der Waals surface area contributed by atoms with Gasteiger partial charge in [0.1, 0.15) is 6.61 Å². The minimum atomic E-state index is -0.479. The van der Waals surface area contributed by atoms with Gasteiger partial charge in [-0.3, -0.25) is 19.9 Å². The van der Waals surface area contributed by atoms with Gasteiger partial charge in [-0.25, -0.2) is 4.98 Å². The van der Waals surface area contributed by atoms with Crippen LogP contribution in [0.5, 0.6) is 17.2 Å². The highest BCUT2D eigenvalue weighted by Crippen LogP contribution is 2.42. The lowest BCUT2D eigenvalue weighted by atomic mass is 9.84. The number of nitrogens with one attached hydrogen (secondary N) is 1. The Morgan fingerprint density at radius 3 is 2.68 bits per heavy atom. The van der Waals surface area contributed by atoms with Crippen LogP contribution < -0.4 is 19.5 Å². The van der Waals surface area contributed by atoms with Gasteiger partial charge in [-0.05, 0) is 42.2 Å². The number of nitrogens with zero attached hydrogens (tertiary/aromatic N) is 4. The molecule has 1 aliphatic carbocycles. The number of imidazole rings is 1. The minimum Gasteiger partial charge on any atom is -0.493 e. The summed E-state index contributed by atoms with van der Waals surface area (Å²) in [5.74, 6) is 0.555. The summed E-state index contributed by atoms with van der Waals surface area (Å²) in [7, 11) is 4.82. The van der Waals surface area contributed by atoms with E-state index in [1.807, 2.05) is 17.7 Å². The lowest BCUT2D eigenvalue weighted by molar-refractivity contribution is -0.385. The van der Waals surface area contributed by atoms with E-state index in [0.29, 0.717) is 41.4 Å². The quantitative estimate of drug-likeness (QED) is 0.372. The van der Waals surface area contributed by atoms with Crippen LogP contribution in [0.2, 0.25) is 0 Å².